The van der Waals surface area contributed by atoms with Crippen molar-refractivity contribution in [3.05, 3.63) is 46.5 Å². The number of benzene rings is 1. The summed E-state index contributed by atoms with van der Waals surface area (Å²) in [4.78, 5) is 7.14. The summed E-state index contributed by atoms with van der Waals surface area (Å²) in [6, 6.07) is 7.78. The summed E-state index contributed by atoms with van der Waals surface area (Å²) in [7, 11) is 1.96. The first-order chi connectivity index (χ1) is 14.1. The molecule has 0 bridgehead atoms. The van der Waals surface area contributed by atoms with Crippen molar-refractivity contribution in [1.29, 1.82) is 0 Å². The van der Waals surface area contributed by atoms with Crippen LogP contribution in [0.4, 0.5) is 0 Å². The third-order valence-electron chi connectivity index (χ3n) is 5.01. The van der Waals surface area contributed by atoms with Gasteiger partial charge in [0, 0.05) is 31.7 Å². The molecule has 1 fully saturated rings. The van der Waals surface area contributed by atoms with Gasteiger partial charge in [0.25, 0.3) is 0 Å². The number of aliphatic imine (C=N–C) groups is 1. The summed E-state index contributed by atoms with van der Waals surface area (Å²) in [6.07, 6.45) is 1.04. The van der Waals surface area contributed by atoms with Crippen molar-refractivity contribution in [1.82, 2.24) is 30.3 Å². The van der Waals surface area contributed by atoms with E-state index in [0.29, 0.717) is 13.1 Å². The van der Waals surface area contributed by atoms with Gasteiger partial charge in [-0.3, -0.25) is 4.90 Å². The van der Waals surface area contributed by atoms with Crippen molar-refractivity contribution in [2.75, 3.05) is 39.4 Å². The lowest BCUT2D eigenvalue weighted by Gasteiger charge is -2.26. The third-order valence-corrected chi connectivity index (χ3v) is 5.38. The van der Waals surface area contributed by atoms with Crippen molar-refractivity contribution in [3.63, 3.8) is 0 Å². The predicted molar refractivity (Wildman–Crippen MR) is 115 cm³/mol. The van der Waals surface area contributed by atoms with E-state index in [0.717, 1.165) is 74.0 Å². The van der Waals surface area contributed by atoms with Crippen LogP contribution in [0.1, 0.15) is 23.6 Å². The maximum absolute atomic E-state index is 6.27. The average molecular weight is 420 g/mol. The van der Waals surface area contributed by atoms with Gasteiger partial charge < -0.3 is 19.9 Å². The van der Waals surface area contributed by atoms with E-state index >= 15 is 0 Å². The van der Waals surface area contributed by atoms with Crippen LogP contribution < -0.4 is 10.6 Å². The molecule has 2 heterocycles. The van der Waals surface area contributed by atoms with Gasteiger partial charge in [-0.1, -0.05) is 29.8 Å². The first-order valence-corrected chi connectivity index (χ1v) is 10.4. The molecule has 1 aliphatic heterocycles. The molecule has 8 nitrogen and oxygen atoms in total. The molecule has 0 amide bonds. The maximum Gasteiger partial charge on any atom is 0.191 e. The van der Waals surface area contributed by atoms with Crippen LogP contribution in [-0.4, -0.2) is 65.0 Å². The van der Waals surface area contributed by atoms with Crippen LogP contribution in [0.25, 0.3) is 0 Å². The first kappa shape index (κ1) is 21.5. The second-order valence-electron chi connectivity index (χ2n) is 7.07. The molecule has 0 radical (unpaired) electrons. The molecular weight excluding hydrogens is 390 g/mol. The zero-order chi connectivity index (χ0) is 20.5. The van der Waals surface area contributed by atoms with Crippen LogP contribution in [0.15, 0.2) is 29.3 Å². The van der Waals surface area contributed by atoms with Gasteiger partial charge in [-0.15, -0.1) is 10.2 Å². The zero-order valence-corrected chi connectivity index (χ0v) is 18.0. The number of hydrogen-bond acceptors (Lipinski definition) is 5. The van der Waals surface area contributed by atoms with Crippen molar-refractivity contribution in [2.24, 2.45) is 12.0 Å². The van der Waals surface area contributed by atoms with E-state index in [1.54, 1.807) is 0 Å². The van der Waals surface area contributed by atoms with Crippen LogP contribution in [0, 0.1) is 6.92 Å². The molecule has 0 spiro atoms. The number of morpholine rings is 1. The number of nitrogens with zero attached hydrogens (tertiary/aromatic N) is 5. The average Bonchev–Trinajstić information content (AvgIpc) is 3.06. The fraction of sp³-hybridized carbons (Fsp3) is 0.550. The highest BCUT2D eigenvalue weighted by atomic mass is 35.5. The lowest BCUT2D eigenvalue weighted by Crippen LogP contribution is -2.40. The van der Waals surface area contributed by atoms with Crippen LogP contribution in [0.2, 0.25) is 5.02 Å². The topological polar surface area (TPSA) is 79.6 Å². The largest absolute Gasteiger partial charge is 0.379 e. The van der Waals surface area contributed by atoms with Gasteiger partial charge >= 0.3 is 0 Å². The molecule has 2 aromatic rings. The highest BCUT2D eigenvalue weighted by Gasteiger charge is 2.10. The van der Waals surface area contributed by atoms with Crippen molar-refractivity contribution in [3.8, 4) is 0 Å². The Kier molecular flexibility index (Phi) is 8.27. The molecule has 2 N–H and O–H groups in total. The fourth-order valence-corrected chi connectivity index (χ4v) is 3.26. The normalized spacial score (nSPS) is 15.5. The van der Waals surface area contributed by atoms with E-state index in [1.807, 2.05) is 42.8 Å². The minimum atomic E-state index is 0.510. The smallest absolute Gasteiger partial charge is 0.191 e. The molecule has 1 aliphatic rings. The third kappa shape index (κ3) is 6.69. The highest BCUT2D eigenvalue weighted by Crippen LogP contribution is 2.15. The van der Waals surface area contributed by atoms with E-state index < -0.39 is 0 Å². The molecule has 158 valence electrons. The van der Waals surface area contributed by atoms with Crippen LogP contribution in [0.3, 0.4) is 0 Å². The van der Waals surface area contributed by atoms with Crippen molar-refractivity contribution >= 4 is 17.6 Å². The summed E-state index contributed by atoms with van der Waals surface area (Å²) < 4.78 is 7.37. The standard InChI is InChI=1S/C20H30ClN7O/c1-16-25-26-19(27(16)2)15-24-20(23-14-17-6-3-4-7-18(17)21)22-8-5-9-28-10-12-29-13-11-28/h3-4,6-7H,5,8-15H2,1-2H3,(H2,22,23,24). The summed E-state index contributed by atoms with van der Waals surface area (Å²) >= 11 is 6.27. The monoisotopic (exact) mass is 419 g/mol. The molecule has 0 atom stereocenters. The Labute approximate surface area is 177 Å². The number of rotatable bonds is 8. The number of aryl methyl sites for hydroxylation is 1. The molecular formula is C20H30ClN7O. The molecule has 1 aromatic carbocycles. The Bertz CT molecular complexity index is 802. The van der Waals surface area contributed by atoms with Gasteiger partial charge in [0.15, 0.2) is 11.8 Å². The number of hydrogen-bond donors (Lipinski definition) is 2. The fourth-order valence-electron chi connectivity index (χ4n) is 3.07. The molecule has 3 rings (SSSR count). The van der Waals surface area contributed by atoms with Gasteiger partial charge in [0.2, 0.25) is 0 Å². The van der Waals surface area contributed by atoms with E-state index in [1.165, 1.54) is 0 Å². The molecule has 0 unspecified atom stereocenters. The number of ether oxygens (including phenoxy) is 1. The van der Waals surface area contributed by atoms with Gasteiger partial charge in [-0.25, -0.2) is 4.99 Å². The molecule has 1 aromatic heterocycles. The van der Waals surface area contributed by atoms with Gasteiger partial charge in [-0.2, -0.15) is 0 Å². The Balaban J connectivity index is 1.55. The summed E-state index contributed by atoms with van der Waals surface area (Å²) in [6.45, 7) is 8.57. The minimum Gasteiger partial charge on any atom is -0.379 e. The minimum absolute atomic E-state index is 0.510. The van der Waals surface area contributed by atoms with Gasteiger partial charge in [0.05, 0.1) is 26.3 Å². The van der Waals surface area contributed by atoms with E-state index in [9.17, 15) is 0 Å². The summed E-state index contributed by atoms with van der Waals surface area (Å²) in [5.74, 6) is 2.49. The Morgan fingerprint density at radius 3 is 2.72 bits per heavy atom. The highest BCUT2D eigenvalue weighted by molar-refractivity contribution is 6.31. The molecule has 1 saturated heterocycles. The van der Waals surface area contributed by atoms with E-state index in [-0.39, 0.29) is 0 Å². The SMILES string of the molecule is Cc1nnc(CNC(=NCc2ccccc2Cl)NCCCN2CCOCC2)n1C. The summed E-state index contributed by atoms with van der Waals surface area (Å²) in [5, 5.41) is 15.8. The van der Waals surface area contributed by atoms with Crippen LogP contribution in [0.5, 0.6) is 0 Å². The van der Waals surface area contributed by atoms with Gasteiger partial charge in [-0.05, 0) is 31.5 Å². The Morgan fingerprint density at radius 1 is 1.21 bits per heavy atom. The van der Waals surface area contributed by atoms with Crippen molar-refractivity contribution < 1.29 is 4.74 Å². The Morgan fingerprint density at radius 2 is 2.00 bits per heavy atom. The number of nitrogens with one attached hydrogen (secondary N) is 2. The number of aromatic nitrogens is 3. The maximum atomic E-state index is 6.27. The van der Waals surface area contributed by atoms with Crippen molar-refractivity contribution in [2.45, 2.75) is 26.4 Å². The molecule has 9 heteroatoms. The molecule has 0 aliphatic carbocycles. The van der Waals surface area contributed by atoms with Gasteiger partial charge in [0.1, 0.15) is 5.82 Å². The Hall–Kier alpha value is -2.16. The lowest BCUT2D eigenvalue weighted by molar-refractivity contribution is 0.0376. The number of guanidine groups is 1. The molecule has 0 saturated carbocycles. The zero-order valence-electron chi connectivity index (χ0n) is 17.2. The second-order valence-corrected chi connectivity index (χ2v) is 7.47. The first-order valence-electron chi connectivity index (χ1n) is 10.0. The van der Waals surface area contributed by atoms with E-state index in [2.05, 4.69) is 25.7 Å². The number of halogens is 1. The van der Waals surface area contributed by atoms with Crippen LogP contribution in [-0.2, 0) is 24.9 Å². The lowest BCUT2D eigenvalue weighted by atomic mass is 10.2. The quantitative estimate of drug-likeness (QED) is 0.385. The second kappa shape index (κ2) is 11.1. The van der Waals surface area contributed by atoms with E-state index in [4.69, 9.17) is 21.3 Å². The molecule has 29 heavy (non-hydrogen) atoms. The van der Waals surface area contributed by atoms with Crippen LogP contribution >= 0.6 is 11.6 Å². The predicted octanol–water partition coefficient (Wildman–Crippen LogP) is 1.73. The summed E-state index contributed by atoms with van der Waals surface area (Å²) in [5.41, 5.74) is 0.998.